The quantitative estimate of drug-likeness (QED) is 0.853. The number of rotatable bonds is 5. The number of hydrogen-bond donors (Lipinski definition) is 1. The van der Waals surface area contributed by atoms with Crippen molar-refractivity contribution < 1.29 is 19.3 Å². The zero-order valence-corrected chi connectivity index (χ0v) is 12.3. The molecule has 2 aromatic carbocycles. The molecule has 0 aliphatic heterocycles. The Hall–Kier alpha value is -2.62. The van der Waals surface area contributed by atoms with Crippen molar-refractivity contribution in [1.29, 1.82) is 0 Å². The van der Waals surface area contributed by atoms with Gasteiger partial charge < -0.3 is 19.3 Å². The Bertz CT molecular complexity index is 622. The van der Waals surface area contributed by atoms with Gasteiger partial charge >= 0.3 is 0 Å². The minimum absolute atomic E-state index is 0.237. The van der Waals surface area contributed by atoms with E-state index in [0.29, 0.717) is 17.2 Å². The van der Waals surface area contributed by atoms with E-state index in [1.807, 2.05) is 36.4 Å². The first-order valence-corrected chi connectivity index (χ1v) is 6.45. The predicted molar refractivity (Wildman–Crippen MR) is 83.1 cm³/mol. The summed E-state index contributed by atoms with van der Waals surface area (Å²) >= 11 is 0. The Kier molecular flexibility index (Phi) is 4.72. The maximum absolute atomic E-state index is 9.75. The van der Waals surface area contributed by atoms with Crippen LogP contribution in [0, 0.1) is 0 Å². The molecule has 21 heavy (non-hydrogen) atoms. The van der Waals surface area contributed by atoms with Crippen LogP contribution in [-0.4, -0.2) is 26.4 Å². The molecule has 110 valence electrons. The second-order valence-electron chi connectivity index (χ2n) is 4.35. The molecule has 0 saturated carbocycles. The molecule has 0 atom stereocenters. The third-order valence-corrected chi connectivity index (χ3v) is 3.08. The van der Waals surface area contributed by atoms with Crippen LogP contribution in [0.2, 0.25) is 0 Å². The molecule has 0 bridgehead atoms. The summed E-state index contributed by atoms with van der Waals surface area (Å²) in [6, 6.07) is 10.8. The van der Waals surface area contributed by atoms with Crippen LogP contribution >= 0.6 is 0 Å². The van der Waals surface area contributed by atoms with Gasteiger partial charge in [-0.05, 0) is 23.8 Å². The van der Waals surface area contributed by atoms with E-state index in [0.717, 1.165) is 11.1 Å². The first kappa shape index (κ1) is 14.8. The zero-order valence-electron chi connectivity index (χ0n) is 12.3. The highest BCUT2D eigenvalue weighted by molar-refractivity contribution is 5.74. The fourth-order valence-electron chi connectivity index (χ4n) is 2.01. The molecule has 0 aliphatic rings. The lowest BCUT2D eigenvalue weighted by molar-refractivity contribution is 0.324. The molecule has 0 heterocycles. The van der Waals surface area contributed by atoms with Gasteiger partial charge in [0.2, 0.25) is 5.75 Å². The average Bonchev–Trinajstić information content (AvgIpc) is 2.52. The van der Waals surface area contributed by atoms with Crippen molar-refractivity contribution in [3.05, 3.63) is 47.5 Å². The van der Waals surface area contributed by atoms with Crippen molar-refractivity contribution in [2.24, 2.45) is 0 Å². The zero-order chi connectivity index (χ0) is 15.2. The van der Waals surface area contributed by atoms with E-state index in [9.17, 15) is 5.11 Å². The highest BCUT2D eigenvalue weighted by atomic mass is 16.5. The number of benzene rings is 2. The number of ether oxygens (including phenoxy) is 3. The molecule has 0 saturated heterocycles. The van der Waals surface area contributed by atoms with E-state index in [2.05, 4.69) is 0 Å². The lowest BCUT2D eigenvalue weighted by Gasteiger charge is -2.12. The normalized spacial score (nSPS) is 10.6. The standard InChI is InChI=1S/C17H18O4/c1-19-15-10-12(11-16(20-2)17(15)21-3)8-9-13-6-4-5-7-14(13)18/h4-11,18H,1-3H3. The number of para-hydroxylation sites is 1. The topological polar surface area (TPSA) is 47.9 Å². The molecule has 0 aliphatic carbocycles. The molecule has 0 unspecified atom stereocenters. The minimum Gasteiger partial charge on any atom is -0.507 e. The highest BCUT2D eigenvalue weighted by Crippen LogP contribution is 2.38. The van der Waals surface area contributed by atoms with E-state index in [1.54, 1.807) is 33.5 Å². The molecule has 0 radical (unpaired) electrons. The Morgan fingerprint density at radius 3 is 2.00 bits per heavy atom. The lowest BCUT2D eigenvalue weighted by Crippen LogP contribution is -1.95. The molecule has 2 rings (SSSR count). The first-order chi connectivity index (χ1) is 10.2. The summed E-state index contributed by atoms with van der Waals surface area (Å²) in [5, 5.41) is 9.75. The van der Waals surface area contributed by atoms with Crippen LogP contribution in [0.4, 0.5) is 0 Å². The monoisotopic (exact) mass is 286 g/mol. The number of methoxy groups -OCH3 is 3. The van der Waals surface area contributed by atoms with Gasteiger partial charge in [0.1, 0.15) is 5.75 Å². The number of phenolic OH excluding ortho intramolecular Hbond substituents is 1. The van der Waals surface area contributed by atoms with Gasteiger partial charge in [0, 0.05) is 5.56 Å². The maximum Gasteiger partial charge on any atom is 0.203 e. The molecule has 0 fully saturated rings. The smallest absolute Gasteiger partial charge is 0.203 e. The van der Waals surface area contributed by atoms with Gasteiger partial charge in [-0.1, -0.05) is 30.4 Å². The van der Waals surface area contributed by atoms with Crippen LogP contribution in [0.25, 0.3) is 12.2 Å². The summed E-state index contributed by atoms with van der Waals surface area (Å²) in [5.41, 5.74) is 1.62. The van der Waals surface area contributed by atoms with Crippen LogP contribution in [0.5, 0.6) is 23.0 Å². The number of phenols is 1. The summed E-state index contributed by atoms with van der Waals surface area (Å²) in [6.45, 7) is 0. The molecule has 2 aromatic rings. The largest absolute Gasteiger partial charge is 0.507 e. The summed E-state index contributed by atoms with van der Waals surface area (Å²) in [5.74, 6) is 1.98. The van der Waals surface area contributed by atoms with Crippen LogP contribution in [0.15, 0.2) is 36.4 Å². The van der Waals surface area contributed by atoms with E-state index in [1.165, 1.54) is 0 Å². The van der Waals surface area contributed by atoms with Gasteiger partial charge in [0.15, 0.2) is 11.5 Å². The van der Waals surface area contributed by atoms with Gasteiger partial charge in [0.25, 0.3) is 0 Å². The highest BCUT2D eigenvalue weighted by Gasteiger charge is 2.11. The van der Waals surface area contributed by atoms with Gasteiger partial charge in [-0.3, -0.25) is 0 Å². The van der Waals surface area contributed by atoms with Crippen molar-refractivity contribution in [2.75, 3.05) is 21.3 Å². The van der Waals surface area contributed by atoms with Gasteiger partial charge in [0.05, 0.1) is 21.3 Å². The number of aromatic hydroxyl groups is 1. The van der Waals surface area contributed by atoms with Crippen LogP contribution < -0.4 is 14.2 Å². The summed E-state index contributed by atoms with van der Waals surface area (Å²) in [7, 11) is 4.72. The second kappa shape index (κ2) is 6.70. The Labute approximate surface area is 124 Å². The predicted octanol–water partition coefficient (Wildman–Crippen LogP) is 3.59. The minimum atomic E-state index is 0.237. The van der Waals surface area contributed by atoms with Crippen LogP contribution in [0.1, 0.15) is 11.1 Å². The Balaban J connectivity index is 2.39. The molecular weight excluding hydrogens is 268 g/mol. The fraction of sp³-hybridized carbons (Fsp3) is 0.176. The molecule has 0 spiro atoms. The molecule has 4 heteroatoms. The second-order valence-corrected chi connectivity index (χ2v) is 4.35. The van der Waals surface area contributed by atoms with Crippen molar-refractivity contribution >= 4 is 12.2 Å². The lowest BCUT2D eigenvalue weighted by atomic mass is 10.1. The summed E-state index contributed by atoms with van der Waals surface area (Å²) in [4.78, 5) is 0. The molecule has 1 N–H and O–H groups in total. The summed E-state index contributed by atoms with van der Waals surface area (Å²) in [6.07, 6.45) is 3.70. The fourth-order valence-corrected chi connectivity index (χ4v) is 2.01. The van der Waals surface area contributed by atoms with Crippen molar-refractivity contribution in [2.45, 2.75) is 0 Å². The van der Waals surface area contributed by atoms with Gasteiger partial charge in [-0.25, -0.2) is 0 Å². The Morgan fingerprint density at radius 1 is 0.857 bits per heavy atom. The van der Waals surface area contributed by atoms with Crippen molar-refractivity contribution in [1.82, 2.24) is 0 Å². The molecular formula is C17H18O4. The van der Waals surface area contributed by atoms with Crippen molar-refractivity contribution in [3.63, 3.8) is 0 Å². The number of hydrogen-bond acceptors (Lipinski definition) is 4. The SMILES string of the molecule is COc1cc(C=Cc2ccccc2O)cc(OC)c1OC. The van der Waals surface area contributed by atoms with Gasteiger partial charge in [-0.15, -0.1) is 0 Å². The molecule has 0 aromatic heterocycles. The van der Waals surface area contributed by atoms with Crippen molar-refractivity contribution in [3.8, 4) is 23.0 Å². The van der Waals surface area contributed by atoms with E-state index in [-0.39, 0.29) is 5.75 Å². The third kappa shape index (κ3) is 3.28. The maximum atomic E-state index is 9.75. The molecule has 0 amide bonds. The third-order valence-electron chi connectivity index (χ3n) is 3.08. The first-order valence-electron chi connectivity index (χ1n) is 6.45. The van der Waals surface area contributed by atoms with Gasteiger partial charge in [-0.2, -0.15) is 0 Å². The van der Waals surface area contributed by atoms with E-state index >= 15 is 0 Å². The average molecular weight is 286 g/mol. The molecule has 4 nitrogen and oxygen atoms in total. The van der Waals surface area contributed by atoms with Crippen LogP contribution in [-0.2, 0) is 0 Å². The summed E-state index contributed by atoms with van der Waals surface area (Å²) < 4.78 is 15.9. The van der Waals surface area contributed by atoms with E-state index in [4.69, 9.17) is 14.2 Å². The Morgan fingerprint density at radius 2 is 1.48 bits per heavy atom. The van der Waals surface area contributed by atoms with E-state index < -0.39 is 0 Å². The van der Waals surface area contributed by atoms with Crippen LogP contribution in [0.3, 0.4) is 0 Å².